The molecule has 1 atom stereocenters. The molecular formula is C16H26N2O3. The maximum Gasteiger partial charge on any atom is 0.311 e. The van der Waals surface area contributed by atoms with Crippen LogP contribution in [0.25, 0.3) is 0 Å². The second-order valence-electron chi connectivity index (χ2n) is 6.30. The number of hydrogen-bond acceptors (Lipinski definition) is 3. The lowest BCUT2D eigenvalue weighted by Crippen LogP contribution is -2.48. The summed E-state index contributed by atoms with van der Waals surface area (Å²) in [6, 6.07) is 0. The number of likely N-dealkylation sites (tertiary alicyclic amines) is 2. The zero-order valence-corrected chi connectivity index (χ0v) is 12.7. The van der Waals surface area contributed by atoms with Crippen LogP contribution in [0.2, 0.25) is 0 Å². The highest BCUT2D eigenvalue weighted by molar-refractivity contribution is 5.77. The molecule has 2 aliphatic heterocycles. The number of amides is 1. The van der Waals surface area contributed by atoms with Crippen LogP contribution in [0.1, 0.15) is 38.5 Å². The van der Waals surface area contributed by atoms with Crippen LogP contribution in [0.3, 0.4) is 0 Å². The van der Waals surface area contributed by atoms with Crippen molar-refractivity contribution in [2.75, 3.05) is 32.7 Å². The molecule has 21 heavy (non-hydrogen) atoms. The Balaban J connectivity index is 1.87. The predicted molar refractivity (Wildman–Crippen MR) is 81.0 cm³/mol. The summed E-state index contributed by atoms with van der Waals surface area (Å²) >= 11 is 0. The van der Waals surface area contributed by atoms with Gasteiger partial charge in [-0.05, 0) is 38.6 Å². The lowest BCUT2D eigenvalue weighted by molar-refractivity contribution is -0.152. The second kappa shape index (κ2) is 7.07. The molecular weight excluding hydrogens is 268 g/mol. The number of carboxylic acid groups (broad SMARTS) is 1. The fourth-order valence-corrected chi connectivity index (χ4v) is 3.50. The van der Waals surface area contributed by atoms with Gasteiger partial charge in [0.15, 0.2) is 0 Å². The van der Waals surface area contributed by atoms with Crippen LogP contribution in [0, 0.1) is 5.41 Å². The van der Waals surface area contributed by atoms with Gasteiger partial charge >= 0.3 is 5.97 Å². The summed E-state index contributed by atoms with van der Waals surface area (Å²) < 4.78 is 0. The van der Waals surface area contributed by atoms with Gasteiger partial charge in [0.05, 0.1) is 5.41 Å². The van der Waals surface area contributed by atoms with Crippen molar-refractivity contribution in [3.8, 4) is 0 Å². The molecule has 0 radical (unpaired) electrons. The largest absolute Gasteiger partial charge is 0.481 e. The smallest absolute Gasteiger partial charge is 0.311 e. The molecule has 0 spiro atoms. The average Bonchev–Trinajstić information content (AvgIpc) is 2.99. The van der Waals surface area contributed by atoms with Gasteiger partial charge in [-0.15, -0.1) is 6.58 Å². The number of carbonyl (C=O) groups excluding carboxylic acids is 1. The number of nitrogens with zero attached hydrogens (tertiary/aromatic N) is 2. The summed E-state index contributed by atoms with van der Waals surface area (Å²) in [7, 11) is 0. The normalized spacial score (nSPS) is 26.8. The molecule has 0 saturated carbocycles. The average molecular weight is 294 g/mol. The highest BCUT2D eigenvalue weighted by Crippen LogP contribution is 2.34. The lowest BCUT2D eigenvalue weighted by atomic mass is 9.77. The van der Waals surface area contributed by atoms with Crippen molar-refractivity contribution < 1.29 is 14.7 Å². The summed E-state index contributed by atoms with van der Waals surface area (Å²) in [6.07, 6.45) is 6.49. The van der Waals surface area contributed by atoms with E-state index in [0.717, 1.165) is 38.9 Å². The van der Waals surface area contributed by atoms with Crippen LogP contribution in [0.4, 0.5) is 0 Å². The maximum atomic E-state index is 12.1. The first-order valence-corrected chi connectivity index (χ1v) is 7.92. The first-order chi connectivity index (χ1) is 10.1. The lowest BCUT2D eigenvalue weighted by Gasteiger charge is -2.39. The topological polar surface area (TPSA) is 60.9 Å². The minimum atomic E-state index is -0.738. The van der Waals surface area contributed by atoms with Crippen molar-refractivity contribution >= 4 is 11.9 Å². The molecule has 0 aliphatic carbocycles. The molecule has 2 aliphatic rings. The highest BCUT2D eigenvalue weighted by Gasteiger charge is 2.41. The van der Waals surface area contributed by atoms with Crippen molar-refractivity contribution in [2.45, 2.75) is 38.5 Å². The van der Waals surface area contributed by atoms with E-state index in [1.807, 2.05) is 4.90 Å². The Morgan fingerprint density at radius 1 is 1.19 bits per heavy atom. The van der Waals surface area contributed by atoms with E-state index < -0.39 is 11.4 Å². The third-order valence-electron chi connectivity index (χ3n) is 4.75. The Morgan fingerprint density at radius 3 is 2.52 bits per heavy atom. The number of rotatable bonds is 6. The standard InChI is InChI=1S/C16H26N2O3/c1-2-7-16(15(20)21)8-5-9-17(13-16)12-6-14(19)18-10-3-4-11-18/h2H,1,3-13H2,(H,20,21). The molecule has 1 N–H and O–H groups in total. The Labute approximate surface area is 126 Å². The van der Waals surface area contributed by atoms with Gasteiger partial charge in [0.2, 0.25) is 5.91 Å². The summed E-state index contributed by atoms with van der Waals surface area (Å²) in [5, 5.41) is 9.54. The molecule has 2 saturated heterocycles. The third kappa shape index (κ3) is 3.84. The Morgan fingerprint density at radius 2 is 1.90 bits per heavy atom. The van der Waals surface area contributed by atoms with Crippen molar-refractivity contribution in [3.05, 3.63) is 12.7 Å². The van der Waals surface area contributed by atoms with E-state index in [2.05, 4.69) is 11.5 Å². The van der Waals surface area contributed by atoms with Gasteiger partial charge in [-0.25, -0.2) is 0 Å². The summed E-state index contributed by atoms with van der Waals surface area (Å²) in [5.74, 6) is -0.527. The van der Waals surface area contributed by atoms with Crippen LogP contribution in [-0.2, 0) is 9.59 Å². The van der Waals surface area contributed by atoms with E-state index in [-0.39, 0.29) is 5.91 Å². The second-order valence-corrected chi connectivity index (χ2v) is 6.30. The van der Waals surface area contributed by atoms with Gasteiger partial charge in [0.1, 0.15) is 0 Å². The van der Waals surface area contributed by atoms with E-state index >= 15 is 0 Å². The van der Waals surface area contributed by atoms with Gasteiger partial charge in [-0.2, -0.15) is 0 Å². The zero-order valence-electron chi connectivity index (χ0n) is 12.7. The van der Waals surface area contributed by atoms with Gasteiger partial charge in [0, 0.05) is 32.6 Å². The Hall–Kier alpha value is -1.36. The summed E-state index contributed by atoms with van der Waals surface area (Å²) in [6.45, 7) is 7.54. The minimum Gasteiger partial charge on any atom is -0.481 e. The summed E-state index contributed by atoms with van der Waals surface area (Å²) in [5.41, 5.74) is -0.712. The molecule has 2 fully saturated rings. The first-order valence-electron chi connectivity index (χ1n) is 7.92. The zero-order chi connectivity index (χ0) is 15.3. The van der Waals surface area contributed by atoms with E-state index in [9.17, 15) is 14.7 Å². The molecule has 118 valence electrons. The van der Waals surface area contributed by atoms with Crippen LogP contribution in [-0.4, -0.2) is 59.5 Å². The van der Waals surface area contributed by atoms with E-state index in [1.54, 1.807) is 6.08 Å². The fourth-order valence-electron chi connectivity index (χ4n) is 3.50. The minimum absolute atomic E-state index is 0.211. The SMILES string of the molecule is C=CCC1(C(=O)O)CCCN(CCC(=O)N2CCCC2)C1. The van der Waals surface area contributed by atoms with Gasteiger partial charge in [0.25, 0.3) is 0 Å². The van der Waals surface area contributed by atoms with Crippen molar-refractivity contribution in [1.82, 2.24) is 9.80 Å². The summed E-state index contributed by atoms with van der Waals surface area (Å²) in [4.78, 5) is 27.7. The number of aliphatic carboxylic acids is 1. The molecule has 5 nitrogen and oxygen atoms in total. The van der Waals surface area contributed by atoms with Crippen LogP contribution < -0.4 is 0 Å². The molecule has 1 unspecified atom stereocenters. The quantitative estimate of drug-likeness (QED) is 0.758. The van der Waals surface area contributed by atoms with E-state index in [1.165, 1.54) is 0 Å². The monoisotopic (exact) mass is 294 g/mol. The van der Waals surface area contributed by atoms with E-state index in [4.69, 9.17) is 0 Å². The molecule has 5 heteroatoms. The van der Waals surface area contributed by atoms with Crippen molar-refractivity contribution in [2.24, 2.45) is 5.41 Å². The molecule has 0 aromatic carbocycles. The number of hydrogen-bond donors (Lipinski definition) is 1. The maximum absolute atomic E-state index is 12.1. The third-order valence-corrected chi connectivity index (χ3v) is 4.75. The molecule has 2 heterocycles. The van der Waals surface area contributed by atoms with Gasteiger partial charge in [-0.3, -0.25) is 9.59 Å². The van der Waals surface area contributed by atoms with Gasteiger partial charge < -0.3 is 14.9 Å². The number of allylic oxidation sites excluding steroid dienone is 1. The van der Waals surface area contributed by atoms with Crippen LogP contribution in [0.5, 0.6) is 0 Å². The number of piperidine rings is 1. The fraction of sp³-hybridized carbons (Fsp3) is 0.750. The molecule has 2 rings (SSSR count). The molecule has 0 aromatic rings. The highest BCUT2D eigenvalue weighted by atomic mass is 16.4. The predicted octanol–water partition coefficient (Wildman–Crippen LogP) is 1.74. The van der Waals surface area contributed by atoms with E-state index in [0.29, 0.717) is 32.4 Å². The van der Waals surface area contributed by atoms with Crippen molar-refractivity contribution in [3.63, 3.8) is 0 Å². The number of carboxylic acids is 1. The molecule has 0 aromatic heterocycles. The van der Waals surface area contributed by atoms with Crippen LogP contribution >= 0.6 is 0 Å². The number of carbonyl (C=O) groups is 2. The van der Waals surface area contributed by atoms with Gasteiger partial charge in [-0.1, -0.05) is 6.08 Å². The van der Waals surface area contributed by atoms with Crippen LogP contribution in [0.15, 0.2) is 12.7 Å². The van der Waals surface area contributed by atoms with Crippen molar-refractivity contribution in [1.29, 1.82) is 0 Å². The Kier molecular flexibility index (Phi) is 5.39. The first kappa shape index (κ1) is 16.0. The Bertz CT molecular complexity index is 404. The molecule has 1 amide bonds. The molecule has 0 bridgehead atoms.